The van der Waals surface area contributed by atoms with E-state index in [1.807, 2.05) is 0 Å². The van der Waals surface area contributed by atoms with Gasteiger partial charge in [0, 0.05) is 165 Å². The van der Waals surface area contributed by atoms with E-state index < -0.39 is 72.7 Å². The summed E-state index contributed by atoms with van der Waals surface area (Å²) in [5, 5.41) is 36.5. The summed E-state index contributed by atoms with van der Waals surface area (Å²) in [4.78, 5) is 167. The number of carbonyl (C=O) groups is 13. The van der Waals surface area contributed by atoms with Gasteiger partial charge >= 0.3 is 17.9 Å². The number of unbranched alkanes of at least 4 members (excludes halogenated alkanes) is 10. The molecule has 10 amide bonds. The van der Waals surface area contributed by atoms with E-state index in [1.54, 1.807) is 18.9 Å². The fourth-order valence-electron chi connectivity index (χ4n) is 16.1. The van der Waals surface area contributed by atoms with Gasteiger partial charge in [-0.1, -0.05) is 87.0 Å². The molecule has 37 nitrogen and oxygen atoms in total. The fraction of sp³-hybridized carbons (Fsp3) is 0.856. The molecule has 730 valence electrons. The van der Waals surface area contributed by atoms with Crippen molar-refractivity contribution in [3.63, 3.8) is 0 Å². The molecule has 10 N–H and O–H groups in total. The minimum atomic E-state index is -1.39. The van der Waals surface area contributed by atoms with Crippen molar-refractivity contribution >= 4 is 77.0 Å². The molecule has 4 heterocycles. The number of nitrogens with one attached hydrogen (secondary N) is 9. The average Bonchev–Trinajstić information content (AvgIpc) is 1.46. The Balaban J connectivity index is 1.32. The van der Waals surface area contributed by atoms with E-state index in [0.29, 0.717) is 117 Å². The number of aliphatic hydroxyl groups excluding tert-OH is 1. The SMILES string of the molecule is CCC1OC(OCCCCC(=O)NCCCNC(=O)CCOCC(COCCC(=O)NCCCNC(=O)CCCCOC2OC(COC(C)=O)C(OC(C)=O)C(OC(C)=O)C2C)(COCCC(=O)NCCCNC(=O)CCCCOC2OC(CC)C(C)C(C)C2NC(C)=O)NC(=O)CCCCCCCCCCC(=O)N2C[C@H](O)C[C@@H]2COC)C(NC(C)=O)C(C)C1C. The Labute approximate surface area is 752 Å². The van der Waals surface area contributed by atoms with E-state index in [9.17, 15) is 67.4 Å². The highest BCUT2D eigenvalue weighted by molar-refractivity contribution is 5.80. The first-order chi connectivity index (χ1) is 60.8. The normalized spacial score (nSPS) is 24.4. The molecule has 4 fully saturated rings. The van der Waals surface area contributed by atoms with Gasteiger partial charge < -0.3 is 119 Å². The lowest BCUT2D eigenvalue weighted by atomic mass is 9.81. The molecular weight excluding hydrogens is 1650 g/mol. The van der Waals surface area contributed by atoms with Crippen molar-refractivity contribution < 1.29 is 129 Å². The Morgan fingerprint density at radius 2 is 0.740 bits per heavy atom. The first-order valence-corrected chi connectivity index (χ1v) is 46.7. The Morgan fingerprint density at radius 1 is 0.386 bits per heavy atom. The van der Waals surface area contributed by atoms with E-state index >= 15 is 0 Å². The predicted molar refractivity (Wildman–Crippen MR) is 468 cm³/mol. The minimum absolute atomic E-state index is 0.00371. The number of nitrogens with zero attached hydrogens (tertiary/aromatic N) is 1. The number of esters is 3. The van der Waals surface area contributed by atoms with Gasteiger partial charge in [-0.3, -0.25) is 62.3 Å². The Kier molecular flexibility index (Phi) is 56.8. The van der Waals surface area contributed by atoms with E-state index in [0.717, 1.165) is 57.8 Å². The van der Waals surface area contributed by atoms with Crippen molar-refractivity contribution in [2.75, 3.05) is 126 Å². The van der Waals surface area contributed by atoms with Crippen molar-refractivity contribution in [2.24, 2.45) is 29.6 Å². The van der Waals surface area contributed by atoms with Crippen LogP contribution >= 0.6 is 0 Å². The van der Waals surface area contributed by atoms with Crippen LogP contribution < -0.4 is 47.9 Å². The van der Waals surface area contributed by atoms with Crippen LogP contribution in [0.2, 0.25) is 0 Å². The third-order valence-electron chi connectivity index (χ3n) is 23.5. The zero-order valence-corrected chi connectivity index (χ0v) is 78.4. The van der Waals surface area contributed by atoms with Crippen molar-refractivity contribution in [3.8, 4) is 0 Å². The number of β-amino-alcohol motifs (C(OH)–C–C–N with tert-alkyl or cyclic N) is 1. The minimum Gasteiger partial charge on any atom is -0.463 e. The molecule has 15 unspecified atom stereocenters. The third-order valence-corrected chi connectivity index (χ3v) is 23.5. The quantitative estimate of drug-likeness (QED) is 0.0201. The molecule has 0 bridgehead atoms. The highest BCUT2D eigenvalue weighted by Gasteiger charge is 2.50. The first-order valence-electron chi connectivity index (χ1n) is 46.7. The summed E-state index contributed by atoms with van der Waals surface area (Å²) < 4.78 is 76.8. The topological polar surface area (TPSA) is 474 Å². The van der Waals surface area contributed by atoms with Crippen LogP contribution in [0.1, 0.15) is 263 Å². The van der Waals surface area contributed by atoms with E-state index in [2.05, 4.69) is 89.4 Å². The van der Waals surface area contributed by atoms with E-state index in [4.69, 9.17) is 61.6 Å². The van der Waals surface area contributed by atoms with Gasteiger partial charge in [0.2, 0.25) is 59.1 Å². The van der Waals surface area contributed by atoms with Crippen LogP contribution in [-0.2, 0) is 124 Å². The highest BCUT2D eigenvalue weighted by Crippen LogP contribution is 2.36. The van der Waals surface area contributed by atoms with Gasteiger partial charge in [-0.25, -0.2) is 0 Å². The summed E-state index contributed by atoms with van der Waals surface area (Å²) in [5.41, 5.74) is -1.39. The van der Waals surface area contributed by atoms with Crippen LogP contribution in [-0.4, -0.2) is 292 Å². The Hall–Kier alpha value is -7.33. The number of methoxy groups -OCH3 is 1. The Morgan fingerprint density at radius 3 is 1.12 bits per heavy atom. The van der Waals surface area contributed by atoms with Gasteiger partial charge in [0.05, 0.1) is 82.7 Å². The second-order valence-electron chi connectivity index (χ2n) is 34.4. The molecule has 4 saturated heterocycles. The van der Waals surface area contributed by atoms with Gasteiger partial charge in [0.15, 0.2) is 25.0 Å². The van der Waals surface area contributed by atoms with Gasteiger partial charge in [-0.15, -0.1) is 0 Å². The van der Waals surface area contributed by atoms with Crippen LogP contribution in [0.5, 0.6) is 0 Å². The molecule has 0 saturated carbocycles. The first kappa shape index (κ1) is 112. The molecule has 127 heavy (non-hydrogen) atoms. The van der Waals surface area contributed by atoms with Crippen LogP contribution in [0, 0.1) is 29.6 Å². The van der Waals surface area contributed by atoms with Crippen LogP contribution in [0.4, 0.5) is 0 Å². The maximum atomic E-state index is 14.1. The lowest BCUT2D eigenvalue weighted by molar-refractivity contribution is -0.288. The molecule has 0 spiro atoms. The van der Waals surface area contributed by atoms with Crippen molar-refractivity contribution in [3.05, 3.63) is 0 Å². The summed E-state index contributed by atoms with van der Waals surface area (Å²) in [6, 6.07) is -0.691. The van der Waals surface area contributed by atoms with Crippen molar-refractivity contribution in [2.45, 2.75) is 342 Å². The number of hydrogen-bond donors (Lipinski definition) is 10. The highest BCUT2D eigenvalue weighted by atomic mass is 16.7. The summed E-state index contributed by atoms with van der Waals surface area (Å²) in [6.07, 6.45) is 8.81. The maximum Gasteiger partial charge on any atom is 0.303 e. The monoisotopic (exact) mass is 1810 g/mol. The lowest BCUT2D eigenvalue weighted by Gasteiger charge is -2.44. The van der Waals surface area contributed by atoms with Gasteiger partial charge in [0.25, 0.3) is 0 Å². The zero-order chi connectivity index (χ0) is 93.5. The summed E-state index contributed by atoms with van der Waals surface area (Å²) in [7, 11) is 1.59. The smallest absolute Gasteiger partial charge is 0.303 e. The second-order valence-corrected chi connectivity index (χ2v) is 34.4. The molecule has 4 aliphatic heterocycles. The molecule has 4 aliphatic rings. The molecule has 0 radical (unpaired) electrons. The Bertz CT molecular complexity index is 3150. The molecular formula is C90H158N10O27. The number of likely N-dealkylation sites (tertiary alicyclic amines) is 1. The van der Waals surface area contributed by atoms with Gasteiger partial charge in [0.1, 0.15) is 24.4 Å². The number of ether oxygens (including phenoxy) is 13. The summed E-state index contributed by atoms with van der Waals surface area (Å²) in [5.74, 6) is -3.77. The zero-order valence-electron chi connectivity index (χ0n) is 78.4. The van der Waals surface area contributed by atoms with Crippen LogP contribution in [0.3, 0.4) is 0 Å². The number of hydrogen-bond acceptors (Lipinski definition) is 27. The third kappa shape index (κ3) is 46.4. The summed E-state index contributed by atoms with van der Waals surface area (Å²) >= 11 is 0. The molecule has 37 heteroatoms. The summed E-state index contributed by atoms with van der Waals surface area (Å²) in [6.45, 7) is 23.0. The molecule has 17 atom stereocenters. The van der Waals surface area contributed by atoms with Crippen LogP contribution in [0.25, 0.3) is 0 Å². The standard InChI is InChI=1S/C90H158N10O27/c1-14-72-60(3)62(5)83(97-65(8)101)88(125-72)120-48-28-25-34-76(108)92-42-31-45-95-79(111)39-51-117-58-90(99-81(113)36-22-20-18-16-17-19-21-23-37-82(114)100-54-71(106)53-70(100)55-115-13,59-118-52-40-80(112)96-46-32-43-93-77(109)35-26-29-49-121-89-84(98-66(9)102)63(6)61(4)73(15-2)126-89)57-116-50-38-78(110)94-44-30-41-91-75(107)33-24-27-47-119-87-64(7)85(123-68(11)104)86(124-69(12)105)74(127-87)56-122-67(10)103/h60-64,70-74,83-89,106H,14-59H2,1-13H3,(H,91,107)(H,92,108)(H,93,109)(H,94,110)(H,95,111)(H,96,112)(H,97,101)(H,98,102)(H,99,113)/t60?,61?,62?,63?,64?,70-,71-,72?,73?,74?,83?,84?,85?,86?,87?,88?,89?,90?/m1/s1. The second kappa shape index (κ2) is 64.5. The molecule has 0 aliphatic carbocycles. The number of rotatable bonds is 67. The number of amides is 10. The molecule has 0 aromatic rings. The molecule has 0 aromatic carbocycles. The van der Waals surface area contributed by atoms with Crippen molar-refractivity contribution in [1.29, 1.82) is 0 Å². The molecule has 4 rings (SSSR count). The fourth-order valence-corrected chi connectivity index (χ4v) is 16.1. The van der Waals surface area contributed by atoms with Crippen molar-refractivity contribution in [1.82, 2.24) is 52.8 Å². The van der Waals surface area contributed by atoms with Gasteiger partial charge in [-0.2, -0.15) is 0 Å². The average molecular weight is 1810 g/mol. The molecule has 0 aromatic heterocycles. The van der Waals surface area contributed by atoms with E-state index in [-0.39, 0.29) is 237 Å². The largest absolute Gasteiger partial charge is 0.463 e. The van der Waals surface area contributed by atoms with E-state index in [1.165, 1.54) is 34.6 Å². The maximum absolute atomic E-state index is 14.1. The lowest BCUT2D eigenvalue weighted by Crippen LogP contribution is -2.58. The predicted octanol–water partition coefficient (Wildman–Crippen LogP) is 5.61. The number of aliphatic hydroxyl groups is 1. The number of carbonyl (C=O) groups excluding carboxylic acids is 13. The van der Waals surface area contributed by atoms with Gasteiger partial charge in [-0.05, 0) is 114 Å². The van der Waals surface area contributed by atoms with Crippen LogP contribution in [0.15, 0.2) is 0 Å².